The predicted molar refractivity (Wildman–Crippen MR) is 78.9 cm³/mol. The standard InChI is InChI=1S/C18H27NO/c1-4-5-14(9-19)15(20)18-8-13-6-16(2,11-18)10-17(3,7-13)12-18/h13-14H,4-8,10-12H2,1-3H3. The summed E-state index contributed by atoms with van der Waals surface area (Å²) < 4.78 is 0. The van der Waals surface area contributed by atoms with E-state index < -0.39 is 0 Å². The van der Waals surface area contributed by atoms with Gasteiger partial charge in [0.2, 0.25) is 0 Å². The van der Waals surface area contributed by atoms with Crippen molar-refractivity contribution in [1.82, 2.24) is 0 Å². The fourth-order valence-corrected chi connectivity index (χ4v) is 6.64. The van der Waals surface area contributed by atoms with Crippen LogP contribution in [0, 0.1) is 39.4 Å². The van der Waals surface area contributed by atoms with Gasteiger partial charge in [-0.15, -0.1) is 0 Å². The molecule has 20 heavy (non-hydrogen) atoms. The molecule has 0 spiro atoms. The molecule has 4 aliphatic rings. The molecule has 4 fully saturated rings. The third-order valence-electron chi connectivity index (χ3n) is 6.20. The van der Waals surface area contributed by atoms with E-state index in [4.69, 9.17) is 0 Å². The van der Waals surface area contributed by atoms with Crippen LogP contribution in [0.3, 0.4) is 0 Å². The molecule has 4 aliphatic carbocycles. The molecule has 0 aromatic rings. The zero-order valence-corrected chi connectivity index (χ0v) is 13.2. The Kier molecular flexibility index (Phi) is 3.05. The van der Waals surface area contributed by atoms with Gasteiger partial charge in [0, 0.05) is 5.41 Å². The van der Waals surface area contributed by atoms with Gasteiger partial charge in [0.25, 0.3) is 0 Å². The maximum atomic E-state index is 13.1. The molecule has 0 aromatic heterocycles. The molecular formula is C18H27NO. The Morgan fingerprint density at radius 3 is 2.25 bits per heavy atom. The van der Waals surface area contributed by atoms with Gasteiger partial charge in [0.1, 0.15) is 5.92 Å². The van der Waals surface area contributed by atoms with Crippen LogP contribution in [0.1, 0.15) is 72.1 Å². The topological polar surface area (TPSA) is 40.9 Å². The number of carbonyl (C=O) groups is 1. The van der Waals surface area contributed by atoms with Crippen molar-refractivity contribution in [3.05, 3.63) is 0 Å². The maximum absolute atomic E-state index is 13.1. The molecule has 0 N–H and O–H groups in total. The number of nitrogens with zero attached hydrogens (tertiary/aromatic N) is 1. The van der Waals surface area contributed by atoms with E-state index in [1.165, 1.54) is 19.3 Å². The van der Waals surface area contributed by atoms with Gasteiger partial charge < -0.3 is 0 Å². The van der Waals surface area contributed by atoms with E-state index in [0.717, 1.165) is 38.0 Å². The van der Waals surface area contributed by atoms with E-state index in [0.29, 0.717) is 16.6 Å². The van der Waals surface area contributed by atoms with Crippen LogP contribution >= 0.6 is 0 Å². The molecule has 2 heteroatoms. The highest BCUT2D eigenvalue weighted by atomic mass is 16.1. The second kappa shape index (κ2) is 4.33. The summed E-state index contributed by atoms with van der Waals surface area (Å²) in [7, 11) is 0. The average Bonchev–Trinajstić information content (AvgIpc) is 2.30. The quantitative estimate of drug-likeness (QED) is 0.757. The SMILES string of the molecule is CCCC(C#N)C(=O)C12CC3CC(C)(CC(C)(C3)C1)C2. The minimum Gasteiger partial charge on any atom is -0.298 e. The Balaban J connectivity index is 1.93. The molecule has 0 radical (unpaired) electrons. The van der Waals surface area contributed by atoms with Crippen molar-refractivity contribution in [2.45, 2.75) is 72.1 Å². The first-order valence-electron chi connectivity index (χ1n) is 8.28. The summed E-state index contributed by atoms with van der Waals surface area (Å²) in [5.74, 6) is 0.665. The summed E-state index contributed by atoms with van der Waals surface area (Å²) in [6, 6.07) is 2.30. The third-order valence-corrected chi connectivity index (χ3v) is 6.20. The highest BCUT2D eigenvalue weighted by molar-refractivity contribution is 5.89. The molecule has 2 nitrogen and oxygen atoms in total. The summed E-state index contributed by atoms with van der Waals surface area (Å²) in [6.45, 7) is 6.85. The van der Waals surface area contributed by atoms with Crippen LogP contribution in [0.5, 0.6) is 0 Å². The predicted octanol–water partition coefficient (Wildman–Crippen LogP) is 4.49. The van der Waals surface area contributed by atoms with Gasteiger partial charge in [0.05, 0.1) is 6.07 Å². The molecule has 0 heterocycles. The van der Waals surface area contributed by atoms with E-state index in [1.54, 1.807) is 0 Å². The number of ketones is 1. The van der Waals surface area contributed by atoms with E-state index >= 15 is 0 Å². The van der Waals surface area contributed by atoms with E-state index in [2.05, 4.69) is 26.8 Å². The molecule has 0 aliphatic heterocycles. The Labute approximate surface area is 122 Å². The summed E-state index contributed by atoms with van der Waals surface area (Å²) >= 11 is 0. The lowest BCUT2D eigenvalue weighted by Crippen LogP contribution is -2.58. The van der Waals surface area contributed by atoms with Crippen LogP contribution in [-0.4, -0.2) is 5.78 Å². The summed E-state index contributed by atoms with van der Waals surface area (Å²) in [4.78, 5) is 13.1. The normalized spacial score (nSPS) is 47.0. The Hall–Kier alpha value is -0.840. The van der Waals surface area contributed by atoms with Crippen molar-refractivity contribution in [3.8, 4) is 6.07 Å². The van der Waals surface area contributed by atoms with Crippen LogP contribution in [0.25, 0.3) is 0 Å². The van der Waals surface area contributed by atoms with Gasteiger partial charge in [-0.1, -0.05) is 27.2 Å². The first-order chi connectivity index (χ1) is 9.34. The highest BCUT2D eigenvalue weighted by Crippen LogP contribution is 2.70. The number of hydrogen-bond donors (Lipinski definition) is 0. The minimum atomic E-state index is -0.358. The first-order valence-corrected chi connectivity index (χ1v) is 8.28. The molecule has 4 rings (SSSR count). The summed E-state index contributed by atoms with van der Waals surface area (Å²) in [5.41, 5.74) is 0.560. The van der Waals surface area contributed by atoms with Crippen molar-refractivity contribution in [2.75, 3.05) is 0 Å². The maximum Gasteiger partial charge on any atom is 0.156 e. The lowest BCUT2D eigenvalue weighted by atomic mass is 9.39. The highest BCUT2D eigenvalue weighted by Gasteiger charge is 2.63. The van der Waals surface area contributed by atoms with E-state index in [1.807, 2.05) is 0 Å². The number of nitriles is 1. The summed E-state index contributed by atoms with van der Waals surface area (Å²) in [5, 5.41) is 9.39. The number of carbonyl (C=O) groups excluding carboxylic acids is 1. The molecular weight excluding hydrogens is 246 g/mol. The second-order valence-electron chi connectivity index (χ2n) is 8.74. The molecule has 110 valence electrons. The molecule has 0 saturated heterocycles. The fraction of sp³-hybridized carbons (Fsp3) is 0.889. The van der Waals surface area contributed by atoms with Gasteiger partial charge in [-0.3, -0.25) is 4.79 Å². The molecule has 3 atom stereocenters. The van der Waals surface area contributed by atoms with Crippen LogP contribution in [0.15, 0.2) is 0 Å². The molecule has 3 unspecified atom stereocenters. The van der Waals surface area contributed by atoms with E-state index in [-0.39, 0.29) is 11.3 Å². The summed E-state index contributed by atoms with van der Waals surface area (Å²) in [6.07, 6.45) is 8.74. The van der Waals surface area contributed by atoms with Gasteiger partial charge >= 0.3 is 0 Å². The Morgan fingerprint density at radius 2 is 1.80 bits per heavy atom. The first kappa shape index (κ1) is 14.1. The molecule has 0 amide bonds. The van der Waals surface area contributed by atoms with Crippen LogP contribution in [0.4, 0.5) is 0 Å². The Bertz CT molecular complexity index is 456. The van der Waals surface area contributed by atoms with Crippen molar-refractivity contribution < 1.29 is 4.79 Å². The zero-order valence-electron chi connectivity index (χ0n) is 13.2. The van der Waals surface area contributed by atoms with Crippen LogP contribution in [0.2, 0.25) is 0 Å². The van der Waals surface area contributed by atoms with Crippen LogP contribution < -0.4 is 0 Å². The number of rotatable bonds is 4. The van der Waals surface area contributed by atoms with Crippen molar-refractivity contribution >= 4 is 5.78 Å². The van der Waals surface area contributed by atoms with E-state index in [9.17, 15) is 10.1 Å². The van der Waals surface area contributed by atoms with Gasteiger partial charge in [-0.05, 0) is 61.7 Å². The Morgan fingerprint density at radius 1 is 1.20 bits per heavy atom. The lowest BCUT2D eigenvalue weighted by molar-refractivity contribution is -0.170. The van der Waals surface area contributed by atoms with Gasteiger partial charge in [0.15, 0.2) is 5.78 Å². The molecule has 4 saturated carbocycles. The second-order valence-corrected chi connectivity index (χ2v) is 8.74. The average molecular weight is 273 g/mol. The number of Topliss-reactive ketones (excluding diaryl/α,β-unsaturated/α-hetero) is 1. The van der Waals surface area contributed by atoms with Gasteiger partial charge in [-0.2, -0.15) is 5.26 Å². The number of hydrogen-bond acceptors (Lipinski definition) is 2. The van der Waals surface area contributed by atoms with Crippen molar-refractivity contribution in [3.63, 3.8) is 0 Å². The zero-order chi connectivity index (χ0) is 14.6. The molecule has 4 bridgehead atoms. The lowest BCUT2D eigenvalue weighted by Gasteiger charge is -2.65. The van der Waals surface area contributed by atoms with Crippen LogP contribution in [-0.2, 0) is 4.79 Å². The largest absolute Gasteiger partial charge is 0.298 e. The third kappa shape index (κ3) is 2.01. The smallest absolute Gasteiger partial charge is 0.156 e. The fourth-order valence-electron chi connectivity index (χ4n) is 6.64. The minimum absolute atomic E-state index is 0.154. The molecule has 0 aromatic carbocycles. The monoisotopic (exact) mass is 273 g/mol. The van der Waals surface area contributed by atoms with Crippen molar-refractivity contribution in [1.29, 1.82) is 5.26 Å². The van der Waals surface area contributed by atoms with Gasteiger partial charge in [-0.25, -0.2) is 0 Å². The van der Waals surface area contributed by atoms with Crippen molar-refractivity contribution in [2.24, 2.45) is 28.1 Å².